The smallest absolute Gasteiger partial charge is 0.137 e. The molecule has 2 heterocycles. The van der Waals surface area contributed by atoms with Crippen LogP contribution < -0.4 is 5.32 Å². The maximum absolute atomic E-state index is 9.13. The van der Waals surface area contributed by atoms with Gasteiger partial charge in [-0.05, 0) is 43.9 Å². The first-order chi connectivity index (χ1) is 12.3. The normalized spacial score (nSPS) is 24.6. The molecule has 4 rings (SSSR count). The number of aromatic nitrogens is 2. The first-order valence-corrected chi connectivity index (χ1v) is 8.95. The average Bonchev–Trinajstić information content (AvgIpc) is 2.62. The van der Waals surface area contributed by atoms with Crippen LogP contribution in [0.25, 0.3) is 10.9 Å². The third-order valence-electron chi connectivity index (χ3n) is 5.53. The van der Waals surface area contributed by atoms with Crippen molar-refractivity contribution in [3.8, 4) is 6.07 Å². The highest BCUT2D eigenvalue weighted by Gasteiger charge is 2.34. The van der Waals surface area contributed by atoms with Crippen molar-refractivity contribution in [1.82, 2.24) is 14.9 Å². The first kappa shape index (κ1) is 16.2. The number of hydrogen-bond acceptors (Lipinski definition) is 6. The first-order valence-electron chi connectivity index (χ1n) is 8.95. The van der Waals surface area contributed by atoms with Crippen molar-refractivity contribution in [2.24, 2.45) is 0 Å². The fourth-order valence-corrected chi connectivity index (χ4v) is 3.94. The molecule has 130 valence electrons. The Labute approximate surface area is 147 Å². The molecule has 1 aromatic heterocycles. The highest BCUT2D eigenvalue weighted by molar-refractivity contribution is 5.89. The molecule has 0 atom stereocenters. The van der Waals surface area contributed by atoms with E-state index in [0.717, 1.165) is 42.7 Å². The summed E-state index contributed by atoms with van der Waals surface area (Å²) in [7, 11) is 1.80. The van der Waals surface area contributed by atoms with Gasteiger partial charge in [0.2, 0.25) is 0 Å². The molecular weight excluding hydrogens is 314 g/mol. The van der Waals surface area contributed by atoms with Gasteiger partial charge in [0.25, 0.3) is 0 Å². The third-order valence-corrected chi connectivity index (χ3v) is 5.53. The molecule has 0 unspecified atom stereocenters. The zero-order chi connectivity index (χ0) is 17.2. The van der Waals surface area contributed by atoms with E-state index in [0.29, 0.717) is 23.8 Å². The van der Waals surface area contributed by atoms with Gasteiger partial charge in [-0.1, -0.05) is 0 Å². The van der Waals surface area contributed by atoms with Crippen LogP contribution in [0.3, 0.4) is 0 Å². The minimum Gasteiger partial charge on any atom is -0.379 e. The predicted octanol–water partition coefficient (Wildman–Crippen LogP) is 2.56. The minimum absolute atomic E-state index is 0.428. The van der Waals surface area contributed by atoms with Crippen molar-refractivity contribution in [1.29, 1.82) is 5.26 Å². The molecule has 0 bridgehead atoms. The lowest BCUT2D eigenvalue weighted by Crippen LogP contribution is -2.57. The number of nitrogens with one attached hydrogen (secondary N) is 1. The third kappa shape index (κ3) is 3.30. The average molecular weight is 337 g/mol. The molecule has 6 heteroatoms. The summed E-state index contributed by atoms with van der Waals surface area (Å²) < 4.78 is 5.38. The molecule has 1 saturated carbocycles. The van der Waals surface area contributed by atoms with Crippen LogP contribution in [-0.4, -0.2) is 53.3 Å². The van der Waals surface area contributed by atoms with Gasteiger partial charge in [-0.25, -0.2) is 9.97 Å². The number of ether oxygens (including phenoxy) is 1. The maximum atomic E-state index is 9.13. The Hall–Kier alpha value is -2.23. The van der Waals surface area contributed by atoms with Crippen LogP contribution in [0.15, 0.2) is 24.5 Å². The molecule has 1 aliphatic heterocycles. The molecule has 0 spiro atoms. The van der Waals surface area contributed by atoms with Crippen LogP contribution >= 0.6 is 0 Å². The van der Waals surface area contributed by atoms with E-state index in [1.807, 2.05) is 12.1 Å². The summed E-state index contributed by atoms with van der Waals surface area (Å²) in [6, 6.07) is 8.86. The Balaban J connectivity index is 1.40. The largest absolute Gasteiger partial charge is 0.379 e. The Morgan fingerprint density at radius 3 is 2.72 bits per heavy atom. The lowest BCUT2D eigenvalue weighted by atomic mass is 9.88. The molecule has 2 fully saturated rings. The molecule has 2 aromatic rings. The standard InChI is InChI=1S/C19H23N5O/c1-25-16-10-24(11-16)15-5-3-14(4-6-15)23-19-17-8-13(9-20)2-7-18(17)21-12-22-19/h2,7-8,12,14-16H,3-6,10-11H2,1H3,(H,21,22,23). The zero-order valence-corrected chi connectivity index (χ0v) is 14.5. The second-order valence-electron chi connectivity index (χ2n) is 7.03. The van der Waals surface area contributed by atoms with E-state index in [1.165, 1.54) is 12.8 Å². The molecule has 2 aliphatic rings. The van der Waals surface area contributed by atoms with Crippen molar-refractivity contribution < 1.29 is 4.74 Å². The molecule has 1 aromatic carbocycles. The minimum atomic E-state index is 0.428. The number of anilines is 1. The number of fused-ring (bicyclic) bond motifs is 1. The summed E-state index contributed by atoms with van der Waals surface area (Å²) in [5.74, 6) is 0.842. The molecule has 1 aliphatic carbocycles. The van der Waals surface area contributed by atoms with E-state index < -0.39 is 0 Å². The summed E-state index contributed by atoms with van der Waals surface area (Å²) in [6.45, 7) is 2.15. The molecule has 0 radical (unpaired) electrons. The summed E-state index contributed by atoms with van der Waals surface area (Å²) in [6.07, 6.45) is 6.72. The van der Waals surface area contributed by atoms with E-state index in [2.05, 4.69) is 26.3 Å². The lowest BCUT2D eigenvalue weighted by molar-refractivity contribution is -0.0574. The van der Waals surface area contributed by atoms with Crippen molar-refractivity contribution >= 4 is 16.7 Å². The predicted molar refractivity (Wildman–Crippen MR) is 96.3 cm³/mol. The van der Waals surface area contributed by atoms with Gasteiger partial charge in [-0.3, -0.25) is 4.90 Å². The number of benzene rings is 1. The van der Waals surface area contributed by atoms with E-state index in [4.69, 9.17) is 10.00 Å². The Bertz CT molecular complexity index is 788. The molecule has 6 nitrogen and oxygen atoms in total. The van der Waals surface area contributed by atoms with Gasteiger partial charge in [-0.15, -0.1) is 0 Å². The topological polar surface area (TPSA) is 74.1 Å². The number of likely N-dealkylation sites (tertiary alicyclic amines) is 1. The van der Waals surface area contributed by atoms with Gasteiger partial charge in [0.1, 0.15) is 12.1 Å². The zero-order valence-electron chi connectivity index (χ0n) is 14.5. The number of nitriles is 1. The maximum Gasteiger partial charge on any atom is 0.137 e. The van der Waals surface area contributed by atoms with E-state index in [1.54, 1.807) is 19.5 Å². The van der Waals surface area contributed by atoms with Crippen molar-refractivity contribution in [2.75, 3.05) is 25.5 Å². The highest BCUT2D eigenvalue weighted by Crippen LogP contribution is 2.30. The van der Waals surface area contributed by atoms with Gasteiger partial charge in [0.05, 0.1) is 23.3 Å². The SMILES string of the molecule is COC1CN(C2CCC(Nc3ncnc4ccc(C#N)cc34)CC2)C1. The fraction of sp³-hybridized carbons (Fsp3) is 0.526. The fourth-order valence-electron chi connectivity index (χ4n) is 3.94. The summed E-state index contributed by atoms with van der Waals surface area (Å²) in [5, 5.41) is 13.6. The van der Waals surface area contributed by atoms with Crippen LogP contribution in [0.2, 0.25) is 0 Å². The monoisotopic (exact) mass is 337 g/mol. The summed E-state index contributed by atoms with van der Waals surface area (Å²) >= 11 is 0. The number of methoxy groups -OCH3 is 1. The Morgan fingerprint density at radius 2 is 2.00 bits per heavy atom. The lowest BCUT2D eigenvalue weighted by Gasteiger charge is -2.46. The second kappa shape index (κ2) is 6.95. The van der Waals surface area contributed by atoms with Crippen molar-refractivity contribution in [3.63, 3.8) is 0 Å². The van der Waals surface area contributed by atoms with Crippen LogP contribution in [0.5, 0.6) is 0 Å². The van der Waals surface area contributed by atoms with Gasteiger partial charge in [0, 0.05) is 37.7 Å². The molecule has 25 heavy (non-hydrogen) atoms. The van der Waals surface area contributed by atoms with Gasteiger partial charge in [0.15, 0.2) is 0 Å². The second-order valence-corrected chi connectivity index (χ2v) is 7.03. The van der Waals surface area contributed by atoms with Gasteiger partial charge >= 0.3 is 0 Å². The van der Waals surface area contributed by atoms with Crippen molar-refractivity contribution in [2.45, 2.75) is 43.9 Å². The molecule has 1 N–H and O–H groups in total. The van der Waals surface area contributed by atoms with Gasteiger partial charge in [-0.2, -0.15) is 5.26 Å². The van der Waals surface area contributed by atoms with Gasteiger partial charge < -0.3 is 10.1 Å². The van der Waals surface area contributed by atoms with E-state index in [-0.39, 0.29) is 0 Å². The van der Waals surface area contributed by atoms with Crippen LogP contribution in [0.4, 0.5) is 5.82 Å². The highest BCUT2D eigenvalue weighted by atomic mass is 16.5. The number of hydrogen-bond donors (Lipinski definition) is 1. The number of nitrogens with zero attached hydrogens (tertiary/aromatic N) is 4. The summed E-state index contributed by atoms with van der Waals surface area (Å²) in [4.78, 5) is 11.3. The molecular formula is C19H23N5O. The number of rotatable bonds is 4. The van der Waals surface area contributed by atoms with E-state index in [9.17, 15) is 0 Å². The Kier molecular flexibility index (Phi) is 4.51. The summed E-state index contributed by atoms with van der Waals surface area (Å²) in [5.41, 5.74) is 1.51. The Morgan fingerprint density at radius 1 is 1.20 bits per heavy atom. The van der Waals surface area contributed by atoms with Crippen LogP contribution in [0.1, 0.15) is 31.2 Å². The van der Waals surface area contributed by atoms with Crippen LogP contribution in [0, 0.1) is 11.3 Å². The molecule has 0 amide bonds. The molecule has 1 saturated heterocycles. The van der Waals surface area contributed by atoms with E-state index >= 15 is 0 Å². The van der Waals surface area contributed by atoms with Crippen molar-refractivity contribution in [3.05, 3.63) is 30.1 Å². The van der Waals surface area contributed by atoms with Crippen LogP contribution in [-0.2, 0) is 4.74 Å². The quantitative estimate of drug-likeness (QED) is 0.924.